The average molecular weight is 366 g/mol. The predicted octanol–water partition coefficient (Wildman–Crippen LogP) is 3.54. The van der Waals surface area contributed by atoms with E-state index < -0.39 is 17.5 Å². The minimum atomic E-state index is -0.720. The van der Waals surface area contributed by atoms with Crippen molar-refractivity contribution in [2.24, 2.45) is 0 Å². The number of anilines is 2. The molecule has 0 unspecified atom stereocenters. The molecule has 0 saturated heterocycles. The van der Waals surface area contributed by atoms with Crippen molar-refractivity contribution < 1.29 is 13.6 Å². The van der Waals surface area contributed by atoms with E-state index in [2.05, 4.69) is 10.3 Å². The highest BCUT2D eigenvalue weighted by atomic mass is 19.1. The molecular formula is C20H16F2N4O. The van der Waals surface area contributed by atoms with Gasteiger partial charge in [0.25, 0.3) is 0 Å². The standard InChI is InChI=1S/C20H16F2N4O/c21-14-5-1-4-13(8-14)20(24)15-9-18(16(22)10-17(15)23)26-19(27)7-12-3-2-6-25-11-12/h1-6,8-11,24H,7,23H2,(H,26,27). The summed E-state index contributed by atoms with van der Waals surface area (Å²) in [5.41, 5.74) is 6.83. The van der Waals surface area contributed by atoms with Crippen molar-refractivity contribution in [2.75, 3.05) is 11.1 Å². The minimum absolute atomic E-state index is 0.0204. The largest absolute Gasteiger partial charge is 0.398 e. The monoisotopic (exact) mass is 366 g/mol. The molecule has 0 saturated carbocycles. The zero-order valence-electron chi connectivity index (χ0n) is 14.2. The Hall–Kier alpha value is -3.61. The van der Waals surface area contributed by atoms with Gasteiger partial charge in [-0.1, -0.05) is 18.2 Å². The second kappa shape index (κ2) is 7.74. The van der Waals surface area contributed by atoms with Gasteiger partial charge >= 0.3 is 0 Å². The zero-order chi connectivity index (χ0) is 19.4. The van der Waals surface area contributed by atoms with Crippen LogP contribution >= 0.6 is 0 Å². The Morgan fingerprint density at radius 2 is 1.96 bits per heavy atom. The fraction of sp³-hybridized carbons (Fsp3) is 0.0500. The highest BCUT2D eigenvalue weighted by molar-refractivity contribution is 6.14. The average Bonchev–Trinajstić information content (AvgIpc) is 2.64. The lowest BCUT2D eigenvalue weighted by atomic mass is 10.00. The van der Waals surface area contributed by atoms with Gasteiger partial charge in [-0.15, -0.1) is 0 Å². The fourth-order valence-corrected chi connectivity index (χ4v) is 2.58. The van der Waals surface area contributed by atoms with Gasteiger partial charge in [0.2, 0.25) is 5.91 Å². The maximum Gasteiger partial charge on any atom is 0.228 e. The first-order valence-electron chi connectivity index (χ1n) is 8.06. The van der Waals surface area contributed by atoms with Crippen molar-refractivity contribution in [3.63, 3.8) is 0 Å². The first-order valence-corrected chi connectivity index (χ1v) is 8.06. The Bertz CT molecular complexity index is 1010. The summed E-state index contributed by atoms with van der Waals surface area (Å²) >= 11 is 0. The van der Waals surface area contributed by atoms with Gasteiger partial charge in [-0.05, 0) is 35.9 Å². The third kappa shape index (κ3) is 4.33. The molecule has 1 aromatic heterocycles. The van der Waals surface area contributed by atoms with Crippen LogP contribution in [0.15, 0.2) is 60.9 Å². The van der Waals surface area contributed by atoms with Crippen LogP contribution in [-0.4, -0.2) is 16.6 Å². The van der Waals surface area contributed by atoms with Crippen molar-refractivity contribution in [1.82, 2.24) is 4.98 Å². The lowest BCUT2D eigenvalue weighted by Gasteiger charge is -2.13. The summed E-state index contributed by atoms with van der Waals surface area (Å²) < 4.78 is 27.6. The summed E-state index contributed by atoms with van der Waals surface area (Å²) in [6.45, 7) is 0. The molecule has 136 valence electrons. The van der Waals surface area contributed by atoms with Gasteiger partial charge < -0.3 is 11.1 Å². The number of nitrogens with two attached hydrogens (primary N) is 1. The maximum atomic E-state index is 14.2. The molecule has 0 aliphatic heterocycles. The number of halogens is 2. The molecule has 1 heterocycles. The molecule has 0 aliphatic rings. The Labute approximate surface area is 154 Å². The molecule has 7 heteroatoms. The molecule has 5 nitrogen and oxygen atoms in total. The topological polar surface area (TPSA) is 91.9 Å². The van der Waals surface area contributed by atoms with Crippen molar-refractivity contribution in [2.45, 2.75) is 6.42 Å². The number of carbonyl (C=O) groups is 1. The SMILES string of the molecule is N=C(c1cccc(F)c1)c1cc(NC(=O)Cc2cccnc2)c(F)cc1N. The lowest BCUT2D eigenvalue weighted by molar-refractivity contribution is -0.115. The molecular weight excluding hydrogens is 350 g/mol. The maximum absolute atomic E-state index is 14.2. The Morgan fingerprint density at radius 3 is 2.67 bits per heavy atom. The number of rotatable bonds is 5. The van der Waals surface area contributed by atoms with Gasteiger partial charge in [-0.25, -0.2) is 8.78 Å². The second-order valence-corrected chi connectivity index (χ2v) is 5.89. The van der Waals surface area contributed by atoms with Gasteiger partial charge in [0.15, 0.2) is 0 Å². The van der Waals surface area contributed by atoms with Crippen LogP contribution in [0.4, 0.5) is 20.2 Å². The Morgan fingerprint density at radius 1 is 1.15 bits per heavy atom. The predicted molar refractivity (Wildman–Crippen MR) is 99.7 cm³/mol. The minimum Gasteiger partial charge on any atom is -0.398 e. The van der Waals surface area contributed by atoms with E-state index in [9.17, 15) is 13.6 Å². The highest BCUT2D eigenvalue weighted by Gasteiger charge is 2.15. The van der Waals surface area contributed by atoms with Crippen LogP contribution in [0.3, 0.4) is 0 Å². The quantitative estimate of drug-likeness (QED) is 0.476. The van der Waals surface area contributed by atoms with Gasteiger partial charge in [-0.2, -0.15) is 0 Å². The van der Waals surface area contributed by atoms with Crippen LogP contribution in [0.25, 0.3) is 0 Å². The van der Waals surface area contributed by atoms with Crippen molar-refractivity contribution in [3.05, 3.63) is 89.2 Å². The molecule has 0 spiro atoms. The smallest absolute Gasteiger partial charge is 0.228 e. The van der Waals surface area contributed by atoms with E-state index in [1.54, 1.807) is 30.6 Å². The fourth-order valence-electron chi connectivity index (χ4n) is 2.58. The lowest BCUT2D eigenvalue weighted by Crippen LogP contribution is -2.17. The number of hydrogen-bond donors (Lipinski definition) is 3. The third-order valence-corrected chi connectivity index (χ3v) is 3.88. The van der Waals surface area contributed by atoms with Crippen molar-refractivity contribution in [1.29, 1.82) is 5.41 Å². The summed E-state index contributed by atoms with van der Waals surface area (Å²) in [6.07, 6.45) is 3.16. The molecule has 3 rings (SSSR count). The van der Waals surface area contributed by atoms with Crippen LogP contribution < -0.4 is 11.1 Å². The van der Waals surface area contributed by atoms with E-state index in [0.717, 1.165) is 6.07 Å². The first-order chi connectivity index (χ1) is 12.9. The third-order valence-electron chi connectivity index (χ3n) is 3.88. The molecule has 27 heavy (non-hydrogen) atoms. The number of nitrogens with one attached hydrogen (secondary N) is 2. The van der Waals surface area contributed by atoms with Crippen LogP contribution in [-0.2, 0) is 11.2 Å². The number of amides is 1. The molecule has 0 atom stereocenters. The summed E-state index contributed by atoms with van der Waals surface area (Å²) in [5, 5.41) is 10.7. The summed E-state index contributed by atoms with van der Waals surface area (Å²) in [7, 11) is 0. The number of hydrogen-bond acceptors (Lipinski definition) is 4. The Kier molecular flexibility index (Phi) is 5.21. The highest BCUT2D eigenvalue weighted by Crippen LogP contribution is 2.25. The van der Waals surface area contributed by atoms with Crippen LogP contribution in [0.1, 0.15) is 16.7 Å². The number of pyridine rings is 1. The summed E-state index contributed by atoms with van der Waals surface area (Å²) in [5.74, 6) is -1.65. The molecule has 2 aromatic carbocycles. The van der Waals surface area contributed by atoms with Crippen LogP contribution in [0, 0.1) is 17.0 Å². The molecule has 0 aliphatic carbocycles. The van der Waals surface area contributed by atoms with Gasteiger partial charge in [0, 0.05) is 29.2 Å². The normalized spacial score (nSPS) is 10.4. The van der Waals surface area contributed by atoms with E-state index in [-0.39, 0.29) is 29.1 Å². The van der Waals surface area contributed by atoms with E-state index in [1.807, 2.05) is 0 Å². The van der Waals surface area contributed by atoms with Gasteiger partial charge in [0.05, 0.1) is 17.8 Å². The molecule has 0 bridgehead atoms. The number of nitrogens with zero attached hydrogens (tertiary/aromatic N) is 1. The van der Waals surface area contributed by atoms with Crippen molar-refractivity contribution >= 4 is 23.0 Å². The molecule has 0 fully saturated rings. The molecule has 4 N–H and O–H groups in total. The van der Waals surface area contributed by atoms with E-state index in [0.29, 0.717) is 11.1 Å². The Balaban J connectivity index is 1.85. The van der Waals surface area contributed by atoms with Crippen LogP contribution in [0.5, 0.6) is 0 Å². The summed E-state index contributed by atoms with van der Waals surface area (Å²) in [4.78, 5) is 16.1. The number of aromatic nitrogens is 1. The van der Waals surface area contributed by atoms with E-state index in [4.69, 9.17) is 11.1 Å². The first kappa shape index (κ1) is 18.2. The second-order valence-electron chi connectivity index (χ2n) is 5.89. The van der Waals surface area contributed by atoms with E-state index >= 15 is 0 Å². The molecule has 1 amide bonds. The van der Waals surface area contributed by atoms with Gasteiger partial charge in [-0.3, -0.25) is 15.2 Å². The van der Waals surface area contributed by atoms with Crippen molar-refractivity contribution in [3.8, 4) is 0 Å². The van der Waals surface area contributed by atoms with Gasteiger partial charge in [0.1, 0.15) is 11.6 Å². The number of carbonyl (C=O) groups excluding carboxylic acids is 1. The zero-order valence-corrected chi connectivity index (χ0v) is 14.2. The van der Waals surface area contributed by atoms with Crippen LogP contribution in [0.2, 0.25) is 0 Å². The molecule has 3 aromatic rings. The number of nitrogen functional groups attached to an aromatic ring is 1. The van der Waals surface area contributed by atoms with E-state index in [1.165, 1.54) is 24.3 Å². The summed E-state index contributed by atoms with van der Waals surface area (Å²) in [6, 6.07) is 11.2. The number of benzene rings is 2. The molecule has 0 radical (unpaired) electrons.